The molecule has 2 aromatic carbocycles. The Morgan fingerprint density at radius 3 is 2.56 bits per heavy atom. The molecule has 4 rings (SSSR count). The second-order valence-electron chi connectivity index (χ2n) is 9.09. The molecule has 0 saturated carbocycles. The molecule has 0 bridgehead atoms. The average Bonchev–Trinajstić information content (AvgIpc) is 3.44. The highest BCUT2D eigenvalue weighted by molar-refractivity contribution is 8.00. The normalized spacial score (nSPS) is 13.4. The third kappa shape index (κ3) is 7.17. The molecule has 0 spiro atoms. The van der Waals surface area contributed by atoms with E-state index < -0.39 is 0 Å². The Morgan fingerprint density at radius 1 is 1.03 bits per heavy atom. The van der Waals surface area contributed by atoms with Gasteiger partial charge >= 0.3 is 0 Å². The number of carbonyl (C=O) groups excluding carboxylic acids is 2. The first-order valence-electron chi connectivity index (χ1n) is 12.8. The van der Waals surface area contributed by atoms with E-state index >= 15 is 0 Å². The van der Waals surface area contributed by atoms with E-state index in [0.717, 1.165) is 68.1 Å². The van der Waals surface area contributed by atoms with Gasteiger partial charge in [-0.25, -0.2) is 0 Å². The lowest BCUT2D eigenvalue weighted by Gasteiger charge is -2.31. The second kappa shape index (κ2) is 13.2. The quantitative estimate of drug-likeness (QED) is 0.304. The summed E-state index contributed by atoms with van der Waals surface area (Å²) >= 11 is 1.49. The summed E-state index contributed by atoms with van der Waals surface area (Å²) in [5.74, 6) is 1.10. The van der Waals surface area contributed by atoms with Gasteiger partial charge in [0.15, 0.2) is 0 Å². The number of piperidine rings is 1. The van der Waals surface area contributed by atoms with Crippen LogP contribution >= 0.6 is 11.8 Å². The predicted octanol–water partition coefficient (Wildman–Crippen LogP) is 6.44. The SMILES string of the molecule is CCCCN(Cc1ccco1)c1ccc(NC(=O)CSc2ccccc2)cc1C(=O)N1CCCCC1. The third-order valence-corrected chi connectivity index (χ3v) is 7.33. The van der Waals surface area contributed by atoms with Crippen LogP contribution in [-0.2, 0) is 11.3 Å². The molecule has 6 nitrogen and oxygen atoms in total. The molecule has 2 heterocycles. The molecule has 1 fully saturated rings. The largest absolute Gasteiger partial charge is 0.467 e. The maximum absolute atomic E-state index is 13.7. The standard InChI is InChI=1S/C29H35N3O3S/c1-2-3-16-32(21-24-11-10-19-35-24)27-15-14-23(20-26(27)29(34)31-17-8-5-9-18-31)30-28(33)22-36-25-12-6-4-7-13-25/h4,6-7,10-15,19-20H,2-3,5,8-9,16-18,21-22H2,1H3,(H,30,33). The number of hydrogen-bond donors (Lipinski definition) is 1. The molecule has 1 aliphatic heterocycles. The van der Waals surface area contributed by atoms with Gasteiger partial charge in [0.25, 0.3) is 5.91 Å². The van der Waals surface area contributed by atoms with Crippen LogP contribution in [0.5, 0.6) is 0 Å². The molecule has 1 saturated heterocycles. The van der Waals surface area contributed by atoms with Crippen molar-refractivity contribution in [1.82, 2.24) is 4.90 Å². The molecular formula is C29H35N3O3S. The summed E-state index contributed by atoms with van der Waals surface area (Å²) in [4.78, 5) is 31.6. The number of amides is 2. The van der Waals surface area contributed by atoms with E-state index in [1.165, 1.54) is 11.8 Å². The van der Waals surface area contributed by atoms with Gasteiger partial charge < -0.3 is 19.5 Å². The van der Waals surface area contributed by atoms with E-state index in [-0.39, 0.29) is 11.8 Å². The molecule has 1 aliphatic rings. The Balaban J connectivity index is 1.57. The van der Waals surface area contributed by atoms with Gasteiger partial charge in [0, 0.05) is 30.2 Å². The minimum Gasteiger partial charge on any atom is -0.467 e. The number of furan rings is 1. The van der Waals surface area contributed by atoms with E-state index in [2.05, 4.69) is 17.1 Å². The minimum atomic E-state index is -0.0913. The zero-order chi connectivity index (χ0) is 25.2. The number of nitrogens with zero attached hydrogens (tertiary/aromatic N) is 2. The number of nitrogens with one attached hydrogen (secondary N) is 1. The summed E-state index contributed by atoms with van der Waals surface area (Å²) in [6, 6.07) is 19.4. The lowest BCUT2D eigenvalue weighted by molar-refractivity contribution is -0.113. The predicted molar refractivity (Wildman–Crippen MR) is 147 cm³/mol. The summed E-state index contributed by atoms with van der Waals surface area (Å²) in [7, 11) is 0. The Bertz CT molecular complexity index is 1110. The first-order chi connectivity index (χ1) is 17.6. The lowest BCUT2D eigenvalue weighted by Crippen LogP contribution is -2.37. The van der Waals surface area contributed by atoms with Crippen LogP contribution in [-0.4, -0.2) is 42.1 Å². The van der Waals surface area contributed by atoms with Crippen LogP contribution in [0.1, 0.15) is 55.1 Å². The number of unbranched alkanes of at least 4 members (excludes halogenated alkanes) is 1. The first kappa shape index (κ1) is 25.9. The molecule has 0 aliphatic carbocycles. The van der Waals surface area contributed by atoms with Crippen molar-refractivity contribution in [3.63, 3.8) is 0 Å². The van der Waals surface area contributed by atoms with Crippen molar-refractivity contribution in [2.75, 3.05) is 35.6 Å². The molecule has 190 valence electrons. The number of thioether (sulfide) groups is 1. The monoisotopic (exact) mass is 505 g/mol. The second-order valence-corrected chi connectivity index (χ2v) is 10.1. The maximum atomic E-state index is 13.7. The molecule has 1 aromatic heterocycles. The molecule has 2 amide bonds. The van der Waals surface area contributed by atoms with Crippen LogP contribution in [0.3, 0.4) is 0 Å². The van der Waals surface area contributed by atoms with E-state index in [9.17, 15) is 9.59 Å². The Kier molecular flexibility index (Phi) is 9.50. The molecular weight excluding hydrogens is 470 g/mol. The molecule has 7 heteroatoms. The van der Waals surface area contributed by atoms with Gasteiger partial charge in [-0.15, -0.1) is 11.8 Å². The highest BCUT2D eigenvalue weighted by Gasteiger charge is 2.24. The summed E-state index contributed by atoms with van der Waals surface area (Å²) in [5.41, 5.74) is 2.16. The van der Waals surface area contributed by atoms with Crippen molar-refractivity contribution in [3.8, 4) is 0 Å². The number of hydrogen-bond acceptors (Lipinski definition) is 5. The van der Waals surface area contributed by atoms with Crippen molar-refractivity contribution in [2.45, 2.75) is 50.5 Å². The number of likely N-dealkylation sites (tertiary alicyclic amines) is 1. The van der Waals surface area contributed by atoms with Gasteiger partial charge in [-0.05, 0) is 68.1 Å². The Morgan fingerprint density at radius 2 is 1.83 bits per heavy atom. The van der Waals surface area contributed by atoms with Crippen LogP contribution in [0.4, 0.5) is 11.4 Å². The third-order valence-electron chi connectivity index (χ3n) is 6.32. The van der Waals surface area contributed by atoms with Crippen molar-refractivity contribution in [3.05, 3.63) is 78.3 Å². The fraction of sp³-hybridized carbons (Fsp3) is 0.379. The summed E-state index contributed by atoms with van der Waals surface area (Å²) in [6.07, 6.45) is 6.96. The van der Waals surface area contributed by atoms with Crippen LogP contribution in [0.25, 0.3) is 0 Å². The Labute approximate surface area is 218 Å². The summed E-state index contributed by atoms with van der Waals surface area (Å²) in [5, 5.41) is 3.00. The molecule has 0 unspecified atom stereocenters. The molecule has 3 aromatic rings. The number of rotatable bonds is 11. The minimum absolute atomic E-state index is 0.0282. The number of anilines is 2. The van der Waals surface area contributed by atoms with Gasteiger partial charge in [0.05, 0.1) is 29.8 Å². The highest BCUT2D eigenvalue weighted by atomic mass is 32.2. The van der Waals surface area contributed by atoms with Crippen LogP contribution < -0.4 is 10.2 Å². The van der Waals surface area contributed by atoms with Gasteiger partial charge in [0.1, 0.15) is 5.76 Å². The molecule has 1 N–H and O–H groups in total. The van der Waals surface area contributed by atoms with Crippen LogP contribution in [0.2, 0.25) is 0 Å². The van der Waals surface area contributed by atoms with E-state index in [1.54, 1.807) is 6.26 Å². The summed E-state index contributed by atoms with van der Waals surface area (Å²) in [6.45, 7) is 5.12. The average molecular weight is 506 g/mol. The number of carbonyl (C=O) groups is 2. The molecule has 0 radical (unpaired) electrons. The van der Waals surface area contributed by atoms with Crippen molar-refractivity contribution >= 4 is 35.0 Å². The number of benzene rings is 2. The maximum Gasteiger partial charge on any atom is 0.256 e. The van der Waals surface area contributed by atoms with Crippen molar-refractivity contribution < 1.29 is 14.0 Å². The van der Waals surface area contributed by atoms with Gasteiger partial charge in [-0.3, -0.25) is 9.59 Å². The van der Waals surface area contributed by atoms with E-state index in [4.69, 9.17) is 4.42 Å². The summed E-state index contributed by atoms with van der Waals surface area (Å²) < 4.78 is 5.63. The molecule has 0 atom stereocenters. The van der Waals surface area contributed by atoms with Gasteiger partial charge in [-0.1, -0.05) is 31.5 Å². The zero-order valence-electron chi connectivity index (χ0n) is 20.9. The van der Waals surface area contributed by atoms with E-state index in [0.29, 0.717) is 23.5 Å². The Hall–Kier alpha value is -3.19. The van der Waals surface area contributed by atoms with Gasteiger partial charge in [-0.2, -0.15) is 0 Å². The fourth-order valence-corrected chi connectivity index (χ4v) is 5.13. The fourth-order valence-electron chi connectivity index (χ4n) is 4.42. The first-order valence-corrected chi connectivity index (χ1v) is 13.8. The highest BCUT2D eigenvalue weighted by Crippen LogP contribution is 2.29. The topological polar surface area (TPSA) is 65.8 Å². The zero-order valence-corrected chi connectivity index (χ0v) is 21.8. The van der Waals surface area contributed by atoms with Crippen LogP contribution in [0, 0.1) is 0 Å². The van der Waals surface area contributed by atoms with Crippen molar-refractivity contribution in [2.24, 2.45) is 0 Å². The smallest absolute Gasteiger partial charge is 0.256 e. The van der Waals surface area contributed by atoms with E-state index in [1.807, 2.05) is 65.6 Å². The lowest BCUT2D eigenvalue weighted by atomic mass is 10.1. The van der Waals surface area contributed by atoms with Crippen LogP contribution in [0.15, 0.2) is 76.2 Å². The molecule has 36 heavy (non-hydrogen) atoms. The van der Waals surface area contributed by atoms with Crippen molar-refractivity contribution in [1.29, 1.82) is 0 Å². The van der Waals surface area contributed by atoms with Gasteiger partial charge in [0.2, 0.25) is 5.91 Å².